The monoisotopic (exact) mass is 510 g/mol. The molecule has 0 aromatic heterocycles. The van der Waals surface area contributed by atoms with Crippen molar-refractivity contribution in [3.8, 4) is 11.5 Å². The summed E-state index contributed by atoms with van der Waals surface area (Å²) in [7, 11) is -0.764. The molecule has 0 spiro atoms. The van der Waals surface area contributed by atoms with Crippen molar-refractivity contribution < 1.29 is 22.7 Å². The standard InChI is InChI=1S/C25H35ClN2O5S/c1-6-8-9-18(7-2)16-27-25(29)20-12-10-19(11-13-20)17-28(34(5,30)31)22-15-23(32-3)21(26)14-24(22)33-4/h10-15,18H,6-9,16-17H2,1-5H3,(H,27,29)/t18-/m1/s1. The van der Waals surface area contributed by atoms with Gasteiger partial charge in [-0.2, -0.15) is 0 Å². The highest BCUT2D eigenvalue weighted by molar-refractivity contribution is 7.92. The number of hydrogen-bond acceptors (Lipinski definition) is 5. The van der Waals surface area contributed by atoms with Gasteiger partial charge in [0, 0.05) is 24.2 Å². The second kappa shape index (κ2) is 12.9. The lowest BCUT2D eigenvalue weighted by molar-refractivity contribution is 0.0946. The molecule has 0 unspecified atom stereocenters. The minimum absolute atomic E-state index is 0.0524. The summed E-state index contributed by atoms with van der Waals surface area (Å²) in [5.41, 5.74) is 1.56. The number of methoxy groups -OCH3 is 2. The van der Waals surface area contributed by atoms with Crippen LogP contribution in [0.3, 0.4) is 0 Å². The summed E-state index contributed by atoms with van der Waals surface area (Å²) >= 11 is 6.17. The lowest BCUT2D eigenvalue weighted by atomic mass is 9.99. The SMILES string of the molecule is CCCC[C@@H](CC)CNC(=O)c1ccc(CN(c2cc(OC)c(Cl)cc2OC)S(C)(=O)=O)cc1. The number of ether oxygens (including phenoxy) is 2. The Bertz CT molecular complexity index is 1060. The number of nitrogens with one attached hydrogen (secondary N) is 1. The van der Waals surface area contributed by atoms with Crippen LogP contribution in [0.4, 0.5) is 5.69 Å². The number of halogens is 1. The molecule has 0 saturated heterocycles. The molecule has 1 atom stereocenters. The summed E-state index contributed by atoms with van der Waals surface area (Å²) in [6, 6.07) is 9.97. The van der Waals surface area contributed by atoms with Crippen molar-refractivity contribution in [1.82, 2.24) is 5.32 Å². The van der Waals surface area contributed by atoms with E-state index in [1.807, 2.05) is 0 Å². The fourth-order valence-electron chi connectivity index (χ4n) is 3.63. The van der Waals surface area contributed by atoms with Gasteiger partial charge in [0.15, 0.2) is 0 Å². The average Bonchev–Trinajstić information content (AvgIpc) is 2.82. The lowest BCUT2D eigenvalue weighted by Crippen LogP contribution is -2.30. The van der Waals surface area contributed by atoms with Crippen molar-refractivity contribution in [2.75, 3.05) is 31.3 Å². The Balaban J connectivity index is 2.20. The second-order valence-electron chi connectivity index (χ2n) is 8.25. The first-order valence-corrected chi connectivity index (χ1v) is 13.6. The Kier molecular flexibility index (Phi) is 10.5. The van der Waals surface area contributed by atoms with E-state index in [2.05, 4.69) is 19.2 Å². The average molecular weight is 511 g/mol. The van der Waals surface area contributed by atoms with Crippen LogP contribution in [-0.2, 0) is 16.6 Å². The zero-order valence-electron chi connectivity index (χ0n) is 20.6. The summed E-state index contributed by atoms with van der Waals surface area (Å²) in [5, 5.41) is 3.33. The van der Waals surface area contributed by atoms with E-state index in [1.54, 1.807) is 24.3 Å². The lowest BCUT2D eigenvalue weighted by Gasteiger charge is -2.25. The van der Waals surface area contributed by atoms with Gasteiger partial charge in [-0.15, -0.1) is 0 Å². The number of nitrogens with zero attached hydrogens (tertiary/aromatic N) is 1. The highest BCUT2D eigenvalue weighted by Gasteiger charge is 2.24. The molecule has 2 aromatic rings. The van der Waals surface area contributed by atoms with E-state index in [0.717, 1.165) is 31.9 Å². The quantitative estimate of drug-likeness (QED) is 0.397. The van der Waals surface area contributed by atoms with E-state index >= 15 is 0 Å². The molecule has 0 fully saturated rings. The first-order valence-electron chi connectivity index (χ1n) is 11.4. The van der Waals surface area contributed by atoms with Crippen LogP contribution < -0.4 is 19.1 Å². The van der Waals surface area contributed by atoms with Gasteiger partial charge in [0.2, 0.25) is 10.0 Å². The summed E-state index contributed by atoms with van der Waals surface area (Å²) in [4.78, 5) is 12.6. The summed E-state index contributed by atoms with van der Waals surface area (Å²) < 4.78 is 37.1. The number of benzene rings is 2. The van der Waals surface area contributed by atoms with Gasteiger partial charge in [-0.1, -0.05) is 56.8 Å². The van der Waals surface area contributed by atoms with Gasteiger partial charge in [-0.25, -0.2) is 8.42 Å². The maximum absolute atomic E-state index is 12.6. The molecule has 0 bridgehead atoms. The largest absolute Gasteiger partial charge is 0.495 e. The van der Waals surface area contributed by atoms with E-state index < -0.39 is 10.0 Å². The Labute approximate surface area is 208 Å². The Morgan fingerprint density at radius 3 is 2.26 bits per heavy atom. The second-order valence-corrected chi connectivity index (χ2v) is 10.6. The molecule has 2 aromatic carbocycles. The Morgan fingerprint density at radius 1 is 1.09 bits per heavy atom. The number of rotatable bonds is 13. The summed E-state index contributed by atoms with van der Waals surface area (Å²) in [6.45, 7) is 5.01. The van der Waals surface area contributed by atoms with Gasteiger partial charge >= 0.3 is 0 Å². The highest BCUT2D eigenvalue weighted by Crippen LogP contribution is 2.39. The Morgan fingerprint density at radius 2 is 1.74 bits per heavy atom. The van der Waals surface area contributed by atoms with E-state index in [1.165, 1.54) is 30.7 Å². The van der Waals surface area contributed by atoms with Crippen LogP contribution >= 0.6 is 11.6 Å². The summed E-state index contributed by atoms with van der Waals surface area (Å²) in [5.74, 6) is 0.978. The number of anilines is 1. The number of carbonyl (C=O) groups is 1. The van der Waals surface area contributed by atoms with Crippen molar-refractivity contribution in [3.63, 3.8) is 0 Å². The van der Waals surface area contributed by atoms with E-state index in [9.17, 15) is 13.2 Å². The smallest absolute Gasteiger partial charge is 0.251 e. The zero-order valence-corrected chi connectivity index (χ0v) is 22.1. The number of carbonyl (C=O) groups excluding carboxylic acids is 1. The maximum atomic E-state index is 12.6. The van der Waals surface area contributed by atoms with Crippen LogP contribution in [-0.4, -0.2) is 41.3 Å². The molecule has 1 N–H and O–H groups in total. The molecule has 34 heavy (non-hydrogen) atoms. The van der Waals surface area contributed by atoms with Gasteiger partial charge in [0.1, 0.15) is 11.5 Å². The highest BCUT2D eigenvalue weighted by atomic mass is 35.5. The molecular formula is C25H35ClN2O5S. The summed E-state index contributed by atoms with van der Waals surface area (Å²) in [6.07, 6.45) is 5.55. The fraction of sp³-hybridized carbons (Fsp3) is 0.480. The van der Waals surface area contributed by atoms with Crippen molar-refractivity contribution in [3.05, 3.63) is 52.5 Å². The zero-order chi connectivity index (χ0) is 25.3. The third kappa shape index (κ3) is 7.53. The van der Waals surface area contributed by atoms with Gasteiger partial charge in [0.05, 0.1) is 37.7 Å². The van der Waals surface area contributed by atoms with E-state index in [4.69, 9.17) is 21.1 Å². The number of unbranched alkanes of at least 4 members (excludes halogenated alkanes) is 1. The molecule has 0 heterocycles. The third-order valence-electron chi connectivity index (χ3n) is 5.76. The van der Waals surface area contributed by atoms with Crippen molar-refractivity contribution in [1.29, 1.82) is 0 Å². The molecule has 9 heteroatoms. The maximum Gasteiger partial charge on any atom is 0.251 e. The molecule has 0 aliphatic carbocycles. The van der Waals surface area contributed by atoms with Gasteiger partial charge in [0.25, 0.3) is 5.91 Å². The molecule has 188 valence electrons. The molecule has 1 amide bonds. The first-order chi connectivity index (χ1) is 16.1. The molecule has 0 saturated carbocycles. The van der Waals surface area contributed by atoms with Crippen LogP contribution in [0, 0.1) is 5.92 Å². The van der Waals surface area contributed by atoms with Crippen LogP contribution in [0.15, 0.2) is 36.4 Å². The molecule has 0 aliphatic heterocycles. The van der Waals surface area contributed by atoms with Gasteiger partial charge in [-0.05, 0) is 30.0 Å². The van der Waals surface area contributed by atoms with Crippen LogP contribution in [0.2, 0.25) is 5.02 Å². The van der Waals surface area contributed by atoms with Crippen molar-refractivity contribution in [2.24, 2.45) is 5.92 Å². The van der Waals surface area contributed by atoms with Crippen molar-refractivity contribution in [2.45, 2.75) is 46.1 Å². The fourth-order valence-corrected chi connectivity index (χ4v) is 4.74. The Hall–Kier alpha value is -2.45. The minimum atomic E-state index is -3.67. The molecule has 7 nitrogen and oxygen atoms in total. The van der Waals surface area contributed by atoms with Crippen LogP contribution in [0.25, 0.3) is 0 Å². The van der Waals surface area contributed by atoms with E-state index in [0.29, 0.717) is 45.8 Å². The number of sulfonamides is 1. The molecule has 2 rings (SSSR count). The van der Waals surface area contributed by atoms with Gasteiger partial charge < -0.3 is 14.8 Å². The van der Waals surface area contributed by atoms with Crippen molar-refractivity contribution >= 4 is 33.2 Å². The predicted molar refractivity (Wildman–Crippen MR) is 138 cm³/mol. The molecule has 0 aliphatic rings. The topological polar surface area (TPSA) is 84.9 Å². The molecule has 0 radical (unpaired) electrons. The van der Waals surface area contributed by atoms with E-state index in [-0.39, 0.29) is 12.5 Å². The number of amides is 1. The van der Waals surface area contributed by atoms with Crippen LogP contribution in [0.5, 0.6) is 11.5 Å². The normalized spacial score (nSPS) is 12.2. The van der Waals surface area contributed by atoms with Gasteiger partial charge in [-0.3, -0.25) is 9.10 Å². The third-order valence-corrected chi connectivity index (χ3v) is 7.18. The first kappa shape index (κ1) is 27.8. The molecular weight excluding hydrogens is 476 g/mol. The predicted octanol–water partition coefficient (Wildman–Crippen LogP) is 5.27. The number of hydrogen-bond donors (Lipinski definition) is 1. The van der Waals surface area contributed by atoms with Crippen LogP contribution in [0.1, 0.15) is 55.5 Å². The minimum Gasteiger partial charge on any atom is -0.495 e.